The number of hydrogen-bond acceptors (Lipinski definition) is 7. The largest absolute Gasteiger partial charge is 0.390 e. The lowest BCUT2D eigenvalue weighted by atomic mass is 9.84. The average Bonchev–Trinajstić information content (AvgIpc) is 2.64. The van der Waals surface area contributed by atoms with Crippen LogP contribution in [0.3, 0.4) is 0 Å². The van der Waals surface area contributed by atoms with E-state index >= 15 is 0 Å². The van der Waals surface area contributed by atoms with Crippen LogP contribution >= 0.6 is 11.6 Å². The smallest absolute Gasteiger partial charge is 0.223 e. The third-order valence-electron chi connectivity index (χ3n) is 4.86. The molecule has 0 amide bonds. The van der Waals surface area contributed by atoms with Crippen LogP contribution in [0.1, 0.15) is 32.6 Å². The molecule has 8 heteroatoms. The van der Waals surface area contributed by atoms with Gasteiger partial charge in [0.15, 0.2) is 5.82 Å². The maximum Gasteiger partial charge on any atom is 0.223 e. The lowest BCUT2D eigenvalue weighted by Gasteiger charge is -2.33. The van der Waals surface area contributed by atoms with Crippen LogP contribution in [0.15, 0.2) is 36.8 Å². The summed E-state index contributed by atoms with van der Waals surface area (Å²) in [5, 5.41) is 17.4. The second kappa shape index (κ2) is 7.25. The summed E-state index contributed by atoms with van der Waals surface area (Å²) in [6.45, 7) is 1.89. The lowest BCUT2D eigenvalue weighted by molar-refractivity contribution is 0.0196. The third-order valence-corrected chi connectivity index (χ3v) is 5.10. The molecule has 0 aliphatic heterocycles. The molecule has 2 aromatic heterocycles. The maximum absolute atomic E-state index is 10.1. The van der Waals surface area contributed by atoms with Crippen LogP contribution in [0, 0.1) is 0 Å². The van der Waals surface area contributed by atoms with E-state index in [0.717, 1.165) is 31.4 Å². The Hall–Kier alpha value is -2.51. The molecule has 7 nitrogen and oxygen atoms in total. The second-order valence-corrected chi connectivity index (χ2v) is 7.64. The van der Waals surface area contributed by atoms with Gasteiger partial charge < -0.3 is 15.7 Å². The van der Waals surface area contributed by atoms with Gasteiger partial charge in [0.25, 0.3) is 0 Å². The van der Waals surface area contributed by atoms with Gasteiger partial charge >= 0.3 is 0 Å². The zero-order chi connectivity index (χ0) is 18.9. The zero-order valence-corrected chi connectivity index (χ0v) is 15.7. The fraction of sp³-hybridized carbons (Fsp3) is 0.368. The fourth-order valence-corrected chi connectivity index (χ4v) is 3.48. The second-order valence-electron chi connectivity index (χ2n) is 7.20. The minimum atomic E-state index is -0.565. The number of nitrogens with zero attached hydrogens (tertiary/aromatic N) is 4. The van der Waals surface area contributed by atoms with Gasteiger partial charge in [-0.05, 0) is 50.8 Å². The molecule has 1 aromatic carbocycles. The van der Waals surface area contributed by atoms with E-state index in [1.165, 1.54) is 6.33 Å². The van der Waals surface area contributed by atoms with Gasteiger partial charge in [-0.3, -0.25) is 0 Å². The number of aromatic nitrogens is 4. The first-order valence-corrected chi connectivity index (χ1v) is 9.36. The first kappa shape index (κ1) is 17.9. The number of rotatable bonds is 4. The molecule has 1 aliphatic carbocycles. The van der Waals surface area contributed by atoms with Crippen LogP contribution in [0.5, 0.6) is 0 Å². The summed E-state index contributed by atoms with van der Waals surface area (Å²) in [6, 6.07) is 7.67. The molecule has 140 valence electrons. The molecule has 3 N–H and O–H groups in total. The lowest BCUT2D eigenvalue weighted by Crippen LogP contribution is -2.36. The van der Waals surface area contributed by atoms with E-state index in [-0.39, 0.29) is 6.04 Å². The van der Waals surface area contributed by atoms with Crippen molar-refractivity contribution in [2.24, 2.45) is 0 Å². The molecule has 0 bridgehead atoms. The fourth-order valence-electron chi connectivity index (χ4n) is 3.28. The topological polar surface area (TPSA) is 95.9 Å². The van der Waals surface area contributed by atoms with Crippen molar-refractivity contribution >= 4 is 40.1 Å². The summed E-state index contributed by atoms with van der Waals surface area (Å²) in [4.78, 5) is 17.6. The summed E-state index contributed by atoms with van der Waals surface area (Å²) in [5.41, 5.74) is 1.55. The van der Waals surface area contributed by atoms with Crippen molar-refractivity contribution in [1.82, 2.24) is 19.9 Å². The molecule has 4 rings (SSSR count). The molecule has 1 saturated carbocycles. The molecule has 0 atom stereocenters. The van der Waals surface area contributed by atoms with Gasteiger partial charge in [-0.25, -0.2) is 19.9 Å². The van der Waals surface area contributed by atoms with Crippen LogP contribution in [0.25, 0.3) is 11.0 Å². The van der Waals surface area contributed by atoms with Gasteiger partial charge in [-0.1, -0.05) is 17.7 Å². The van der Waals surface area contributed by atoms with Gasteiger partial charge in [-0.15, -0.1) is 0 Å². The normalized spacial score (nSPS) is 22.6. The molecular weight excluding hydrogens is 364 g/mol. The van der Waals surface area contributed by atoms with Crippen molar-refractivity contribution in [3.05, 3.63) is 41.8 Å². The van der Waals surface area contributed by atoms with Crippen LogP contribution in [-0.2, 0) is 0 Å². The van der Waals surface area contributed by atoms with E-state index in [0.29, 0.717) is 27.8 Å². The Morgan fingerprint density at radius 2 is 2.00 bits per heavy atom. The predicted octanol–water partition coefficient (Wildman–Crippen LogP) is 3.92. The number of anilines is 3. The molecule has 1 aliphatic rings. The summed E-state index contributed by atoms with van der Waals surface area (Å²) >= 11 is 6.06. The van der Waals surface area contributed by atoms with Gasteiger partial charge in [0.2, 0.25) is 5.95 Å². The summed E-state index contributed by atoms with van der Waals surface area (Å²) < 4.78 is 0. The highest BCUT2D eigenvalue weighted by molar-refractivity contribution is 6.30. The van der Waals surface area contributed by atoms with E-state index < -0.39 is 5.60 Å². The Morgan fingerprint density at radius 1 is 1.19 bits per heavy atom. The third kappa shape index (κ3) is 4.26. The van der Waals surface area contributed by atoms with Crippen LogP contribution in [0.2, 0.25) is 5.02 Å². The first-order chi connectivity index (χ1) is 13.0. The molecule has 0 saturated heterocycles. The SMILES string of the molecule is C[C@]1(O)CC[C@H](Nc2ncc3ncnc(Nc4cccc(Cl)c4)c3n2)CC1. The summed E-state index contributed by atoms with van der Waals surface area (Å²) in [5.74, 6) is 1.14. The highest BCUT2D eigenvalue weighted by Crippen LogP contribution is 2.29. The van der Waals surface area contributed by atoms with Crippen molar-refractivity contribution in [3.63, 3.8) is 0 Å². The van der Waals surface area contributed by atoms with E-state index in [2.05, 4.69) is 30.6 Å². The highest BCUT2D eigenvalue weighted by Gasteiger charge is 2.28. The molecule has 3 aromatic rings. The standard InChI is InChI=1S/C19H21ClN6O/c1-19(27)7-5-13(6-8-19)25-18-21-10-15-16(26-18)17(23-11-22-15)24-14-4-2-3-12(20)9-14/h2-4,9-11,13,27H,5-8H2,1H3,(H,21,25,26)(H,22,23,24)/t13-,19-. The number of halogens is 1. The molecule has 2 heterocycles. The van der Waals surface area contributed by atoms with Gasteiger partial charge in [0.05, 0.1) is 11.8 Å². The number of fused-ring (bicyclic) bond motifs is 1. The van der Waals surface area contributed by atoms with Crippen LogP contribution < -0.4 is 10.6 Å². The number of nitrogens with one attached hydrogen (secondary N) is 2. The molecule has 1 fully saturated rings. The molecular formula is C19H21ClN6O. The van der Waals surface area contributed by atoms with E-state index in [1.807, 2.05) is 31.2 Å². The highest BCUT2D eigenvalue weighted by atomic mass is 35.5. The van der Waals surface area contributed by atoms with Crippen molar-refractivity contribution < 1.29 is 5.11 Å². The molecule has 0 unspecified atom stereocenters. The maximum atomic E-state index is 10.1. The van der Waals surface area contributed by atoms with Gasteiger partial charge in [0, 0.05) is 16.8 Å². The summed E-state index contributed by atoms with van der Waals surface area (Å²) in [7, 11) is 0. The van der Waals surface area contributed by atoms with E-state index in [4.69, 9.17) is 11.6 Å². The minimum Gasteiger partial charge on any atom is -0.390 e. The Balaban J connectivity index is 1.57. The average molecular weight is 385 g/mol. The Labute approximate surface area is 162 Å². The van der Waals surface area contributed by atoms with Crippen molar-refractivity contribution in [2.45, 2.75) is 44.2 Å². The van der Waals surface area contributed by atoms with Crippen LogP contribution in [-0.4, -0.2) is 36.7 Å². The summed E-state index contributed by atoms with van der Waals surface area (Å²) in [6.07, 6.45) is 6.47. The Morgan fingerprint density at radius 3 is 2.78 bits per heavy atom. The number of aliphatic hydroxyl groups is 1. The quantitative estimate of drug-likeness (QED) is 0.627. The van der Waals surface area contributed by atoms with Crippen molar-refractivity contribution in [1.29, 1.82) is 0 Å². The van der Waals surface area contributed by atoms with E-state index in [9.17, 15) is 5.11 Å². The molecule has 0 spiro atoms. The Bertz CT molecular complexity index is 954. The minimum absolute atomic E-state index is 0.247. The first-order valence-electron chi connectivity index (χ1n) is 8.98. The van der Waals surface area contributed by atoms with Gasteiger partial charge in [-0.2, -0.15) is 0 Å². The number of benzene rings is 1. The van der Waals surface area contributed by atoms with Crippen LogP contribution in [0.4, 0.5) is 17.5 Å². The molecule has 27 heavy (non-hydrogen) atoms. The monoisotopic (exact) mass is 384 g/mol. The van der Waals surface area contributed by atoms with Crippen molar-refractivity contribution in [2.75, 3.05) is 10.6 Å². The van der Waals surface area contributed by atoms with E-state index in [1.54, 1.807) is 6.20 Å². The predicted molar refractivity (Wildman–Crippen MR) is 106 cm³/mol. The number of hydrogen-bond donors (Lipinski definition) is 3. The zero-order valence-electron chi connectivity index (χ0n) is 15.0. The Kier molecular flexibility index (Phi) is 4.80. The van der Waals surface area contributed by atoms with Gasteiger partial charge in [0.1, 0.15) is 17.4 Å². The molecule has 0 radical (unpaired) electrons. The van der Waals surface area contributed by atoms with Crippen molar-refractivity contribution in [3.8, 4) is 0 Å².